The van der Waals surface area contributed by atoms with Crippen molar-refractivity contribution in [3.05, 3.63) is 24.0 Å². The van der Waals surface area contributed by atoms with Crippen LogP contribution >= 0.6 is 0 Å². The lowest BCUT2D eigenvalue weighted by Crippen LogP contribution is -2.28. The maximum atomic E-state index is 14.0. The Kier molecular flexibility index (Phi) is 12.2. The molecule has 0 spiro atoms. The number of hydrogen-bond donors (Lipinski definition) is 0. The minimum absolute atomic E-state index is 0.148. The van der Waals surface area contributed by atoms with Crippen molar-refractivity contribution in [2.75, 3.05) is 6.61 Å². The molecule has 34 heavy (non-hydrogen) atoms. The Bertz CT molecular complexity index is 646. The minimum Gasteiger partial charge on any atom is -0.489 e. The molecule has 0 amide bonds. The summed E-state index contributed by atoms with van der Waals surface area (Å²) in [7, 11) is 0. The van der Waals surface area contributed by atoms with Crippen LogP contribution in [0.3, 0.4) is 0 Å². The van der Waals surface area contributed by atoms with Crippen molar-refractivity contribution in [3.8, 4) is 5.75 Å². The molecule has 0 radical (unpaired) electrons. The molecule has 0 aromatic carbocycles. The van der Waals surface area contributed by atoms with E-state index in [2.05, 4.69) is 31.8 Å². The predicted molar refractivity (Wildman–Crippen MR) is 142 cm³/mol. The zero-order valence-corrected chi connectivity index (χ0v) is 22.5. The van der Waals surface area contributed by atoms with Gasteiger partial charge in [0.05, 0.1) is 6.20 Å². The average molecular weight is 474 g/mol. The van der Waals surface area contributed by atoms with Crippen LogP contribution in [-0.2, 0) is 6.42 Å². The van der Waals surface area contributed by atoms with E-state index in [4.69, 9.17) is 4.74 Å². The largest absolute Gasteiger partial charge is 0.489 e. The molecule has 1 aromatic heterocycles. The molecule has 1 aromatic rings. The Morgan fingerprint density at radius 2 is 1.59 bits per heavy atom. The summed E-state index contributed by atoms with van der Waals surface area (Å²) in [5, 5.41) is 0. The van der Waals surface area contributed by atoms with Gasteiger partial charge in [-0.25, -0.2) is 4.39 Å². The fourth-order valence-corrected chi connectivity index (χ4v) is 6.57. The van der Waals surface area contributed by atoms with Crippen molar-refractivity contribution in [2.45, 2.75) is 130 Å². The van der Waals surface area contributed by atoms with E-state index in [1.165, 1.54) is 77.0 Å². The van der Waals surface area contributed by atoms with Gasteiger partial charge >= 0.3 is 0 Å². The van der Waals surface area contributed by atoms with Gasteiger partial charge in [-0.15, -0.1) is 0 Å². The van der Waals surface area contributed by atoms with Gasteiger partial charge in [-0.3, -0.25) is 4.98 Å². The molecule has 3 heteroatoms. The van der Waals surface area contributed by atoms with E-state index >= 15 is 0 Å². The molecule has 0 bridgehead atoms. The van der Waals surface area contributed by atoms with E-state index in [-0.39, 0.29) is 6.61 Å². The van der Waals surface area contributed by atoms with Gasteiger partial charge in [-0.05, 0) is 86.7 Å². The Hall–Kier alpha value is -1.12. The summed E-state index contributed by atoms with van der Waals surface area (Å²) in [4.78, 5) is 4.60. The Morgan fingerprint density at radius 3 is 2.18 bits per heavy atom. The zero-order valence-electron chi connectivity index (χ0n) is 22.5. The molecule has 194 valence electrons. The first-order valence-electron chi connectivity index (χ1n) is 14.8. The fourth-order valence-electron chi connectivity index (χ4n) is 6.57. The number of alkyl halides is 1. The van der Waals surface area contributed by atoms with Crippen LogP contribution < -0.4 is 4.74 Å². The van der Waals surface area contributed by atoms with Gasteiger partial charge in [0.15, 0.2) is 0 Å². The van der Waals surface area contributed by atoms with Gasteiger partial charge in [0.25, 0.3) is 0 Å². The average Bonchev–Trinajstić information content (AvgIpc) is 2.89. The molecule has 3 rings (SSSR count). The number of rotatable bonds is 14. The third-order valence-corrected chi connectivity index (χ3v) is 9.26. The summed E-state index contributed by atoms with van der Waals surface area (Å²) >= 11 is 0. The third-order valence-electron chi connectivity index (χ3n) is 9.26. The SMILES string of the molecule is CCCCCCC(F)COc1ccc(CC[C@H]2CC[C@H](C(C)C3CCC(CC)CC3)CC2)nc1. The molecule has 2 fully saturated rings. The van der Waals surface area contributed by atoms with Crippen molar-refractivity contribution in [2.24, 2.45) is 29.6 Å². The highest BCUT2D eigenvalue weighted by Gasteiger charge is 2.31. The lowest BCUT2D eigenvalue weighted by molar-refractivity contribution is 0.122. The minimum atomic E-state index is -0.874. The maximum Gasteiger partial charge on any atom is 0.137 e. The first-order chi connectivity index (χ1) is 16.6. The van der Waals surface area contributed by atoms with Gasteiger partial charge in [-0.2, -0.15) is 0 Å². The van der Waals surface area contributed by atoms with Gasteiger partial charge in [-0.1, -0.05) is 78.6 Å². The first-order valence-corrected chi connectivity index (χ1v) is 14.8. The number of aromatic nitrogens is 1. The smallest absolute Gasteiger partial charge is 0.137 e. The molecule has 2 saturated carbocycles. The van der Waals surface area contributed by atoms with Crippen LogP contribution in [0.25, 0.3) is 0 Å². The van der Waals surface area contributed by atoms with Gasteiger partial charge < -0.3 is 4.74 Å². The van der Waals surface area contributed by atoms with Gasteiger partial charge in [0.2, 0.25) is 0 Å². The van der Waals surface area contributed by atoms with Crippen molar-refractivity contribution in [1.82, 2.24) is 4.98 Å². The van der Waals surface area contributed by atoms with Crippen LogP contribution in [-0.4, -0.2) is 17.8 Å². The third kappa shape index (κ3) is 9.15. The molecule has 0 N–H and O–H groups in total. The second-order valence-electron chi connectivity index (χ2n) is 11.6. The molecule has 1 heterocycles. The summed E-state index contributed by atoms with van der Waals surface area (Å²) in [6, 6.07) is 4.04. The van der Waals surface area contributed by atoms with Crippen molar-refractivity contribution in [1.29, 1.82) is 0 Å². The zero-order chi connectivity index (χ0) is 24.2. The van der Waals surface area contributed by atoms with Gasteiger partial charge in [0.1, 0.15) is 18.5 Å². The molecule has 2 nitrogen and oxygen atoms in total. The number of hydrogen-bond acceptors (Lipinski definition) is 2. The highest BCUT2D eigenvalue weighted by atomic mass is 19.1. The number of aryl methyl sites for hydroxylation is 1. The summed E-state index contributed by atoms with van der Waals surface area (Å²) in [6.07, 6.45) is 21.2. The van der Waals surface area contributed by atoms with E-state index in [1.807, 2.05) is 6.07 Å². The predicted octanol–water partition coefficient (Wildman–Crippen LogP) is 9.36. The number of unbranched alkanes of at least 4 members (excludes halogenated alkanes) is 3. The van der Waals surface area contributed by atoms with Crippen LogP contribution in [0.2, 0.25) is 0 Å². The number of halogens is 1. The Morgan fingerprint density at radius 1 is 0.912 bits per heavy atom. The summed E-state index contributed by atoms with van der Waals surface area (Å²) in [5.74, 6) is 5.44. The quantitative estimate of drug-likeness (QED) is 0.251. The highest BCUT2D eigenvalue weighted by molar-refractivity contribution is 5.20. The molecule has 2 atom stereocenters. The summed E-state index contributed by atoms with van der Waals surface area (Å²) in [6.45, 7) is 7.25. The van der Waals surface area contributed by atoms with E-state index < -0.39 is 6.17 Å². The molecule has 0 aliphatic heterocycles. The highest BCUT2D eigenvalue weighted by Crippen LogP contribution is 2.43. The lowest BCUT2D eigenvalue weighted by atomic mass is 9.67. The monoisotopic (exact) mass is 473 g/mol. The van der Waals surface area contributed by atoms with E-state index in [0.29, 0.717) is 12.2 Å². The van der Waals surface area contributed by atoms with Crippen molar-refractivity contribution < 1.29 is 9.13 Å². The Balaban J connectivity index is 1.30. The van der Waals surface area contributed by atoms with E-state index in [0.717, 1.165) is 54.5 Å². The second-order valence-corrected chi connectivity index (χ2v) is 11.6. The van der Waals surface area contributed by atoms with Crippen LogP contribution in [0.5, 0.6) is 5.75 Å². The standard InChI is InChI=1S/C31H52FNO/c1-4-6-7-8-9-29(32)23-34-31-21-20-30(33-22-31)19-14-26-12-17-28(18-13-26)24(3)27-15-10-25(5-2)11-16-27/h20-22,24-29H,4-19,23H2,1-3H3/t24?,25?,26-,27?,28-,29?. The first kappa shape index (κ1) is 27.5. The molecule has 2 unspecified atom stereocenters. The normalized spacial score (nSPS) is 27.3. The number of nitrogens with zero attached hydrogens (tertiary/aromatic N) is 1. The molecular formula is C31H52FNO. The summed E-state index contributed by atoms with van der Waals surface area (Å²) < 4.78 is 19.6. The van der Waals surface area contributed by atoms with Crippen LogP contribution in [0.15, 0.2) is 18.3 Å². The Labute approximate surface area is 209 Å². The fraction of sp³-hybridized carbons (Fsp3) is 0.839. The molecule has 2 aliphatic carbocycles. The molecule has 2 aliphatic rings. The summed E-state index contributed by atoms with van der Waals surface area (Å²) in [5.41, 5.74) is 1.15. The second kappa shape index (κ2) is 15.1. The lowest BCUT2D eigenvalue weighted by Gasteiger charge is -2.39. The van der Waals surface area contributed by atoms with Crippen LogP contribution in [0.4, 0.5) is 4.39 Å². The van der Waals surface area contributed by atoms with E-state index in [1.54, 1.807) is 6.20 Å². The number of ether oxygens (including phenoxy) is 1. The van der Waals surface area contributed by atoms with Crippen molar-refractivity contribution >= 4 is 0 Å². The topological polar surface area (TPSA) is 22.1 Å². The van der Waals surface area contributed by atoms with Crippen molar-refractivity contribution in [3.63, 3.8) is 0 Å². The number of pyridine rings is 1. The van der Waals surface area contributed by atoms with Gasteiger partial charge in [0, 0.05) is 5.69 Å². The molecular weight excluding hydrogens is 421 g/mol. The molecule has 0 saturated heterocycles. The van der Waals surface area contributed by atoms with Crippen LogP contribution in [0.1, 0.15) is 123 Å². The van der Waals surface area contributed by atoms with Crippen LogP contribution in [0, 0.1) is 29.6 Å². The maximum absolute atomic E-state index is 14.0. The van der Waals surface area contributed by atoms with E-state index in [9.17, 15) is 4.39 Å².